The number of carbonyl (C=O) groups excluding carboxylic acids is 1. The molecule has 52 valence electrons. The zero-order valence-electron chi connectivity index (χ0n) is 5.19. The molecule has 0 bridgehead atoms. The number of carbonyl (C=O) groups is 1. The number of Topliss-reactive ketones (excluding diaryl/α,β-unsaturated/α-hetero) is 1. The van der Waals surface area contributed by atoms with E-state index < -0.39 is 0 Å². The van der Waals surface area contributed by atoms with Crippen LogP contribution in [0.15, 0.2) is 0 Å². The molecule has 9 heavy (non-hydrogen) atoms. The molecule has 1 unspecified atom stereocenters. The van der Waals surface area contributed by atoms with E-state index in [0.29, 0.717) is 0 Å². The lowest BCUT2D eigenvalue weighted by atomic mass is 10.2. The van der Waals surface area contributed by atoms with Gasteiger partial charge in [-0.3, -0.25) is 4.79 Å². The molecule has 1 fully saturated rings. The summed E-state index contributed by atoms with van der Waals surface area (Å²) < 4.78 is 0. The van der Waals surface area contributed by atoms with Gasteiger partial charge in [-0.15, -0.1) is 11.6 Å². The molecule has 3 heteroatoms. The van der Waals surface area contributed by atoms with Gasteiger partial charge in [0, 0.05) is 0 Å². The minimum absolute atomic E-state index is 0.0579. The molecular weight excluding hydrogens is 138 g/mol. The fourth-order valence-electron chi connectivity index (χ4n) is 1.05. The zero-order chi connectivity index (χ0) is 6.69. The van der Waals surface area contributed by atoms with Crippen molar-refractivity contribution in [2.24, 2.45) is 0 Å². The van der Waals surface area contributed by atoms with Crippen molar-refractivity contribution in [3.05, 3.63) is 0 Å². The smallest absolute Gasteiger partial charge is 0.164 e. The van der Waals surface area contributed by atoms with E-state index in [0.717, 1.165) is 19.4 Å². The maximum absolute atomic E-state index is 10.8. The van der Waals surface area contributed by atoms with E-state index in [1.54, 1.807) is 0 Å². The monoisotopic (exact) mass is 147 g/mol. The average Bonchev–Trinajstić information content (AvgIpc) is 2.37. The Morgan fingerprint density at radius 3 is 3.00 bits per heavy atom. The van der Waals surface area contributed by atoms with E-state index in [4.69, 9.17) is 11.6 Å². The average molecular weight is 148 g/mol. The van der Waals surface area contributed by atoms with Crippen LogP contribution in [-0.2, 0) is 4.79 Å². The third kappa shape index (κ3) is 1.66. The highest BCUT2D eigenvalue weighted by molar-refractivity contribution is 6.28. The van der Waals surface area contributed by atoms with Crippen LogP contribution in [0.25, 0.3) is 0 Å². The van der Waals surface area contributed by atoms with Gasteiger partial charge in [0.25, 0.3) is 0 Å². The van der Waals surface area contributed by atoms with E-state index in [2.05, 4.69) is 5.32 Å². The Balaban J connectivity index is 2.32. The Hall–Kier alpha value is -0.0800. The third-order valence-electron chi connectivity index (χ3n) is 1.58. The van der Waals surface area contributed by atoms with Gasteiger partial charge < -0.3 is 5.32 Å². The number of halogens is 1. The van der Waals surface area contributed by atoms with Gasteiger partial charge in [0.05, 0.1) is 11.9 Å². The summed E-state index contributed by atoms with van der Waals surface area (Å²) in [6.45, 7) is 0.966. The van der Waals surface area contributed by atoms with Crippen LogP contribution >= 0.6 is 11.6 Å². The molecule has 1 heterocycles. The minimum Gasteiger partial charge on any atom is -0.307 e. The fraction of sp³-hybridized carbons (Fsp3) is 0.833. The summed E-state index contributed by atoms with van der Waals surface area (Å²) in [4.78, 5) is 10.8. The zero-order valence-corrected chi connectivity index (χ0v) is 5.95. The molecule has 0 aromatic rings. The van der Waals surface area contributed by atoms with E-state index in [1.807, 2.05) is 0 Å². The van der Waals surface area contributed by atoms with Crippen molar-refractivity contribution in [2.75, 3.05) is 12.4 Å². The number of nitrogens with one attached hydrogen (secondary N) is 1. The molecule has 0 radical (unpaired) electrons. The van der Waals surface area contributed by atoms with E-state index in [1.165, 1.54) is 0 Å². The molecule has 1 saturated heterocycles. The molecule has 0 spiro atoms. The van der Waals surface area contributed by atoms with Crippen molar-refractivity contribution in [1.82, 2.24) is 5.32 Å². The molecule has 0 saturated carbocycles. The van der Waals surface area contributed by atoms with Gasteiger partial charge in [0.1, 0.15) is 0 Å². The van der Waals surface area contributed by atoms with Gasteiger partial charge in [-0.05, 0) is 19.4 Å². The Kier molecular flexibility index (Phi) is 2.49. The summed E-state index contributed by atoms with van der Waals surface area (Å²) in [5.74, 6) is 0.284. The standard InChI is InChI=1S/C6H10ClNO/c7-4-6(9)5-2-1-3-8-5/h5,8H,1-4H2. The molecule has 1 aliphatic rings. The van der Waals surface area contributed by atoms with Crippen molar-refractivity contribution in [3.63, 3.8) is 0 Å². The van der Waals surface area contributed by atoms with Crippen LogP contribution in [0.2, 0.25) is 0 Å². The largest absolute Gasteiger partial charge is 0.307 e. The van der Waals surface area contributed by atoms with Crippen LogP contribution in [0.4, 0.5) is 0 Å². The molecule has 1 atom stereocenters. The predicted octanol–water partition coefficient (Wildman–Crippen LogP) is 0.546. The number of hydrogen-bond acceptors (Lipinski definition) is 2. The Morgan fingerprint density at radius 2 is 2.56 bits per heavy atom. The van der Waals surface area contributed by atoms with E-state index >= 15 is 0 Å². The van der Waals surface area contributed by atoms with Gasteiger partial charge in [0.2, 0.25) is 0 Å². The summed E-state index contributed by atoms with van der Waals surface area (Å²) in [5.41, 5.74) is 0. The van der Waals surface area contributed by atoms with Crippen LogP contribution in [0.1, 0.15) is 12.8 Å². The molecule has 0 aromatic heterocycles. The van der Waals surface area contributed by atoms with Crippen LogP contribution in [0, 0.1) is 0 Å². The summed E-state index contributed by atoms with van der Waals surface area (Å²) in [5, 5.41) is 3.07. The summed E-state index contributed by atoms with van der Waals surface area (Å²) in [6, 6.07) is 0.0579. The van der Waals surface area contributed by atoms with Crippen molar-refractivity contribution in [3.8, 4) is 0 Å². The molecule has 1 aliphatic heterocycles. The topological polar surface area (TPSA) is 29.1 Å². The highest BCUT2D eigenvalue weighted by atomic mass is 35.5. The van der Waals surface area contributed by atoms with E-state index in [-0.39, 0.29) is 17.7 Å². The molecule has 0 amide bonds. The van der Waals surface area contributed by atoms with Gasteiger partial charge in [-0.2, -0.15) is 0 Å². The van der Waals surface area contributed by atoms with Crippen LogP contribution in [0.5, 0.6) is 0 Å². The second-order valence-electron chi connectivity index (χ2n) is 2.25. The first-order valence-electron chi connectivity index (χ1n) is 3.16. The van der Waals surface area contributed by atoms with Crippen molar-refractivity contribution in [1.29, 1.82) is 0 Å². The first-order valence-corrected chi connectivity index (χ1v) is 3.70. The predicted molar refractivity (Wildman–Crippen MR) is 36.8 cm³/mol. The first kappa shape index (κ1) is 7.03. The van der Waals surface area contributed by atoms with Gasteiger partial charge >= 0.3 is 0 Å². The lowest BCUT2D eigenvalue weighted by Crippen LogP contribution is -2.31. The second kappa shape index (κ2) is 3.18. The maximum atomic E-state index is 10.8. The number of alkyl halides is 1. The van der Waals surface area contributed by atoms with Crippen molar-refractivity contribution >= 4 is 17.4 Å². The SMILES string of the molecule is O=C(CCl)C1CCCN1. The summed E-state index contributed by atoms with van der Waals surface area (Å²) in [7, 11) is 0. The normalized spacial score (nSPS) is 26.6. The highest BCUT2D eigenvalue weighted by Crippen LogP contribution is 2.05. The third-order valence-corrected chi connectivity index (χ3v) is 1.84. The van der Waals surface area contributed by atoms with E-state index in [9.17, 15) is 4.79 Å². The lowest BCUT2D eigenvalue weighted by molar-refractivity contribution is -0.118. The fourth-order valence-corrected chi connectivity index (χ4v) is 1.24. The van der Waals surface area contributed by atoms with Gasteiger partial charge in [0.15, 0.2) is 5.78 Å². The second-order valence-corrected chi connectivity index (χ2v) is 2.52. The van der Waals surface area contributed by atoms with Crippen LogP contribution in [0.3, 0.4) is 0 Å². The summed E-state index contributed by atoms with van der Waals surface area (Å²) in [6.07, 6.45) is 2.07. The van der Waals surface area contributed by atoms with Crippen molar-refractivity contribution < 1.29 is 4.79 Å². The van der Waals surface area contributed by atoms with Crippen LogP contribution in [-0.4, -0.2) is 24.2 Å². The summed E-state index contributed by atoms with van der Waals surface area (Å²) >= 11 is 5.34. The Morgan fingerprint density at radius 1 is 1.78 bits per heavy atom. The minimum atomic E-state index is 0.0579. The molecular formula is C6H10ClNO. The van der Waals surface area contributed by atoms with Gasteiger partial charge in [-0.25, -0.2) is 0 Å². The molecule has 1 N–H and O–H groups in total. The number of ketones is 1. The Labute approximate surface area is 59.6 Å². The molecule has 0 aliphatic carbocycles. The molecule has 0 aromatic carbocycles. The van der Waals surface area contributed by atoms with Crippen molar-refractivity contribution in [2.45, 2.75) is 18.9 Å². The molecule has 2 nitrogen and oxygen atoms in total. The Bertz CT molecular complexity index is 110. The first-order chi connectivity index (χ1) is 4.34. The maximum Gasteiger partial charge on any atom is 0.164 e. The number of hydrogen-bond donors (Lipinski definition) is 1. The lowest BCUT2D eigenvalue weighted by Gasteiger charge is -2.03. The van der Waals surface area contributed by atoms with Gasteiger partial charge in [-0.1, -0.05) is 0 Å². The van der Waals surface area contributed by atoms with Crippen LogP contribution < -0.4 is 5.32 Å². The highest BCUT2D eigenvalue weighted by Gasteiger charge is 2.20. The quantitative estimate of drug-likeness (QED) is 0.578. The number of rotatable bonds is 2. The molecule has 1 rings (SSSR count).